The standard InChI is InChI=1S/C11H20O/c1-10(7-5-6-8-12)9-11(2,3)4/h5-6,12H,1,7-9H2,2-4H3. The van der Waals surface area contributed by atoms with Crippen LogP contribution in [0.25, 0.3) is 0 Å². The monoisotopic (exact) mass is 168 g/mol. The van der Waals surface area contributed by atoms with Gasteiger partial charge < -0.3 is 5.11 Å². The summed E-state index contributed by atoms with van der Waals surface area (Å²) in [4.78, 5) is 0. The fourth-order valence-electron chi connectivity index (χ4n) is 1.15. The average Bonchev–Trinajstić information content (AvgIpc) is 1.84. The molecular formula is C11H20O. The van der Waals surface area contributed by atoms with Crippen LogP contribution in [0.1, 0.15) is 33.6 Å². The molecule has 0 saturated carbocycles. The molecule has 1 nitrogen and oxygen atoms in total. The number of aliphatic hydroxyl groups is 1. The van der Waals surface area contributed by atoms with Gasteiger partial charge in [0, 0.05) is 0 Å². The van der Waals surface area contributed by atoms with Crippen LogP contribution in [0.3, 0.4) is 0 Å². The van der Waals surface area contributed by atoms with Crippen LogP contribution in [0, 0.1) is 5.41 Å². The van der Waals surface area contributed by atoms with Gasteiger partial charge in [-0.1, -0.05) is 45.1 Å². The second kappa shape index (κ2) is 5.15. The van der Waals surface area contributed by atoms with Gasteiger partial charge in [0.25, 0.3) is 0 Å². The van der Waals surface area contributed by atoms with Crippen molar-refractivity contribution in [3.63, 3.8) is 0 Å². The van der Waals surface area contributed by atoms with Crippen molar-refractivity contribution in [2.24, 2.45) is 5.41 Å². The molecule has 70 valence electrons. The van der Waals surface area contributed by atoms with E-state index in [0.29, 0.717) is 5.41 Å². The van der Waals surface area contributed by atoms with Crippen LogP contribution < -0.4 is 0 Å². The van der Waals surface area contributed by atoms with Crippen LogP contribution in [0.2, 0.25) is 0 Å². The maximum absolute atomic E-state index is 8.50. The lowest BCUT2D eigenvalue weighted by molar-refractivity contribution is 0.342. The maximum atomic E-state index is 8.50. The highest BCUT2D eigenvalue weighted by Gasteiger charge is 2.10. The minimum Gasteiger partial charge on any atom is -0.392 e. The lowest BCUT2D eigenvalue weighted by atomic mass is 9.87. The van der Waals surface area contributed by atoms with Gasteiger partial charge in [-0.3, -0.25) is 0 Å². The fourth-order valence-corrected chi connectivity index (χ4v) is 1.15. The third kappa shape index (κ3) is 7.55. The lowest BCUT2D eigenvalue weighted by Gasteiger charge is -2.18. The highest BCUT2D eigenvalue weighted by molar-refractivity contribution is 5.04. The number of allylic oxidation sites excluding steroid dienone is 2. The number of rotatable bonds is 4. The van der Waals surface area contributed by atoms with E-state index >= 15 is 0 Å². The third-order valence-corrected chi connectivity index (χ3v) is 1.46. The van der Waals surface area contributed by atoms with Crippen molar-refractivity contribution in [1.82, 2.24) is 0 Å². The van der Waals surface area contributed by atoms with Gasteiger partial charge in [-0.15, -0.1) is 0 Å². The summed E-state index contributed by atoms with van der Waals surface area (Å²) in [6, 6.07) is 0. The normalized spacial score (nSPS) is 12.3. The predicted octanol–water partition coefficient (Wildman–Crippen LogP) is 2.92. The first kappa shape index (κ1) is 11.4. The second-order valence-electron chi connectivity index (χ2n) is 4.35. The van der Waals surface area contributed by atoms with Crippen LogP contribution in [-0.2, 0) is 0 Å². The molecule has 0 amide bonds. The summed E-state index contributed by atoms with van der Waals surface area (Å²) in [7, 11) is 0. The first-order valence-electron chi connectivity index (χ1n) is 4.38. The van der Waals surface area contributed by atoms with Gasteiger partial charge >= 0.3 is 0 Å². The molecule has 0 aromatic heterocycles. The summed E-state index contributed by atoms with van der Waals surface area (Å²) in [5.74, 6) is 0. The Hall–Kier alpha value is -0.560. The Bertz CT molecular complexity index is 160. The summed E-state index contributed by atoms with van der Waals surface area (Å²) in [6.45, 7) is 10.7. The molecule has 12 heavy (non-hydrogen) atoms. The number of hydrogen-bond donors (Lipinski definition) is 1. The van der Waals surface area contributed by atoms with Crippen LogP contribution in [-0.4, -0.2) is 11.7 Å². The first-order valence-corrected chi connectivity index (χ1v) is 4.38. The van der Waals surface area contributed by atoms with E-state index in [0.717, 1.165) is 12.8 Å². The highest BCUT2D eigenvalue weighted by atomic mass is 16.2. The van der Waals surface area contributed by atoms with Crippen molar-refractivity contribution >= 4 is 0 Å². The zero-order chi connectivity index (χ0) is 9.61. The maximum Gasteiger partial charge on any atom is 0.0612 e. The summed E-state index contributed by atoms with van der Waals surface area (Å²) in [5, 5.41) is 8.50. The van der Waals surface area contributed by atoms with E-state index in [1.165, 1.54) is 5.57 Å². The van der Waals surface area contributed by atoms with Crippen molar-refractivity contribution in [3.8, 4) is 0 Å². The molecule has 0 atom stereocenters. The van der Waals surface area contributed by atoms with Gasteiger partial charge in [-0.05, 0) is 18.3 Å². The zero-order valence-electron chi connectivity index (χ0n) is 8.43. The van der Waals surface area contributed by atoms with Crippen LogP contribution >= 0.6 is 0 Å². The average molecular weight is 168 g/mol. The molecule has 0 spiro atoms. The van der Waals surface area contributed by atoms with Crippen LogP contribution in [0.15, 0.2) is 24.3 Å². The molecular weight excluding hydrogens is 148 g/mol. The molecule has 0 radical (unpaired) electrons. The Labute approximate surface area is 75.8 Å². The van der Waals surface area contributed by atoms with Crippen LogP contribution in [0.4, 0.5) is 0 Å². The van der Waals surface area contributed by atoms with E-state index in [-0.39, 0.29) is 6.61 Å². The third-order valence-electron chi connectivity index (χ3n) is 1.46. The highest BCUT2D eigenvalue weighted by Crippen LogP contribution is 2.24. The van der Waals surface area contributed by atoms with E-state index in [4.69, 9.17) is 5.11 Å². The smallest absolute Gasteiger partial charge is 0.0612 e. The molecule has 0 saturated heterocycles. The molecule has 0 rings (SSSR count). The summed E-state index contributed by atoms with van der Waals surface area (Å²) in [6.07, 6.45) is 5.66. The van der Waals surface area contributed by atoms with Gasteiger partial charge in [0.2, 0.25) is 0 Å². The van der Waals surface area contributed by atoms with Crippen molar-refractivity contribution in [1.29, 1.82) is 0 Å². The molecule has 0 bridgehead atoms. The van der Waals surface area contributed by atoms with Gasteiger partial charge in [-0.2, -0.15) is 0 Å². The minimum atomic E-state index is 0.128. The second-order valence-corrected chi connectivity index (χ2v) is 4.35. The van der Waals surface area contributed by atoms with Crippen molar-refractivity contribution < 1.29 is 5.11 Å². The summed E-state index contributed by atoms with van der Waals surface area (Å²) in [5.41, 5.74) is 1.55. The topological polar surface area (TPSA) is 20.2 Å². The molecule has 1 N–H and O–H groups in total. The Kier molecular flexibility index (Phi) is 4.91. The molecule has 0 unspecified atom stereocenters. The minimum absolute atomic E-state index is 0.128. The van der Waals surface area contributed by atoms with E-state index in [1.54, 1.807) is 6.08 Å². The Balaban J connectivity index is 3.68. The zero-order valence-corrected chi connectivity index (χ0v) is 8.43. The van der Waals surface area contributed by atoms with E-state index in [1.807, 2.05) is 6.08 Å². The molecule has 0 aliphatic carbocycles. The van der Waals surface area contributed by atoms with E-state index in [2.05, 4.69) is 27.4 Å². The lowest BCUT2D eigenvalue weighted by Crippen LogP contribution is -2.05. The van der Waals surface area contributed by atoms with Crippen molar-refractivity contribution in [2.45, 2.75) is 33.6 Å². The van der Waals surface area contributed by atoms with E-state index < -0.39 is 0 Å². The Morgan fingerprint density at radius 1 is 1.33 bits per heavy atom. The molecule has 1 heteroatoms. The molecule has 0 aromatic rings. The van der Waals surface area contributed by atoms with Crippen LogP contribution in [0.5, 0.6) is 0 Å². The van der Waals surface area contributed by atoms with Crippen molar-refractivity contribution in [2.75, 3.05) is 6.61 Å². The summed E-state index contributed by atoms with van der Waals surface area (Å²) >= 11 is 0. The van der Waals surface area contributed by atoms with Gasteiger partial charge in [-0.25, -0.2) is 0 Å². The first-order chi connectivity index (χ1) is 5.45. The quantitative estimate of drug-likeness (QED) is 0.640. The summed E-state index contributed by atoms with van der Waals surface area (Å²) < 4.78 is 0. The fraction of sp³-hybridized carbons (Fsp3) is 0.636. The van der Waals surface area contributed by atoms with Gasteiger partial charge in [0.05, 0.1) is 6.61 Å². The predicted molar refractivity (Wildman–Crippen MR) is 54.1 cm³/mol. The van der Waals surface area contributed by atoms with Gasteiger partial charge in [0.15, 0.2) is 0 Å². The molecule has 0 aliphatic heterocycles. The number of aliphatic hydroxyl groups excluding tert-OH is 1. The van der Waals surface area contributed by atoms with Crippen molar-refractivity contribution in [3.05, 3.63) is 24.3 Å². The largest absolute Gasteiger partial charge is 0.392 e. The number of hydrogen-bond acceptors (Lipinski definition) is 1. The Morgan fingerprint density at radius 3 is 2.33 bits per heavy atom. The Morgan fingerprint density at radius 2 is 1.92 bits per heavy atom. The molecule has 0 aromatic carbocycles. The van der Waals surface area contributed by atoms with Gasteiger partial charge in [0.1, 0.15) is 0 Å². The molecule has 0 fully saturated rings. The molecule has 0 heterocycles. The molecule has 0 aliphatic rings. The van der Waals surface area contributed by atoms with E-state index in [9.17, 15) is 0 Å². The SMILES string of the molecule is C=C(CC=CCO)CC(C)(C)C.